The van der Waals surface area contributed by atoms with Crippen molar-refractivity contribution in [2.24, 2.45) is 11.8 Å². The second-order valence-corrected chi connectivity index (χ2v) is 5.80. The molecule has 16 heavy (non-hydrogen) atoms. The first kappa shape index (κ1) is 10.3. The molecule has 2 aliphatic rings. The molecule has 0 aromatic heterocycles. The molecule has 1 aromatic rings. The van der Waals surface area contributed by atoms with E-state index >= 15 is 0 Å². The second-order valence-electron chi connectivity index (χ2n) is 5.80. The van der Waals surface area contributed by atoms with Crippen molar-refractivity contribution in [1.29, 1.82) is 0 Å². The van der Waals surface area contributed by atoms with Crippen LogP contribution in [0.1, 0.15) is 43.9 Å². The monoisotopic (exact) mass is 215 g/mol. The van der Waals surface area contributed by atoms with E-state index in [1.54, 1.807) is 11.1 Å². The minimum Gasteiger partial charge on any atom is -0.307 e. The van der Waals surface area contributed by atoms with Crippen LogP contribution in [0, 0.1) is 11.8 Å². The Labute approximate surface area is 98.3 Å². The number of rotatable bonds is 2. The summed E-state index contributed by atoms with van der Waals surface area (Å²) in [5, 5.41) is 3.85. The predicted molar refractivity (Wildman–Crippen MR) is 67.4 cm³/mol. The Kier molecular flexibility index (Phi) is 2.51. The molecule has 0 aliphatic heterocycles. The molecule has 3 rings (SSSR count). The van der Waals surface area contributed by atoms with Crippen molar-refractivity contribution in [3.8, 4) is 0 Å². The molecular formula is C15H21N. The fourth-order valence-electron chi connectivity index (χ4n) is 3.34. The molecular weight excluding hydrogens is 194 g/mol. The van der Waals surface area contributed by atoms with E-state index in [0.29, 0.717) is 6.04 Å². The number of hydrogen-bond acceptors (Lipinski definition) is 1. The lowest BCUT2D eigenvalue weighted by molar-refractivity contribution is 0.207. The number of benzene rings is 1. The average molecular weight is 215 g/mol. The van der Waals surface area contributed by atoms with Gasteiger partial charge in [0.2, 0.25) is 0 Å². The van der Waals surface area contributed by atoms with Gasteiger partial charge < -0.3 is 5.32 Å². The minimum atomic E-state index is 0.605. The molecule has 1 heteroatoms. The minimum absolute atomic E-state index is 0.605. The van der Waals surface area contributed by atoms with Gasteiger partial charge in [-0.05, 0) is 42.2 Å². The fourth-order valence-corrected chi connectivity index (χ4v) is 3.34. The molecule has 1 nitrogen and oxygen atoms in total. The number of nitrogens with one attached hydrogen (secondary N) is 1. The van der Waals surface area contributed by atoms with Gasteiger partial charge in [0.25, 0.3) is 0 Å². The van der Waals surface area contributed by atoms with E-state index in [1.165, 1.54) is 19.3 Å². The van der Waals surface area contributed by atoms with E-state index < -0.39 is 0 Å². The maximum absolute atomic E-state index is 3.85. The fraction of sp³-hybridized carbons (Fsp3) is 0.600. The van der Waals surface area contributed by atoms with Crippen LogP contribution in [0.5, 0.6) is 0 Å². The normalized spacial score (nSPS) is 36.9. The molecule has 0 heterocycles. The summed E-state index contributed by atoms with van der Waals surface area (Å²) in [7, 11) is 0. The lowest BCUT2D eigenvalue weighted by Crippen LogP contribution is -2.42. The molecule has 0 amide bonds. The SMILES string of the molecule is CC1CC(NC2c3ccccc3CC2C)C1. The van der Waals surface area contributed by atoms with E-state index in [2.05, 4.69) is 43.4 Å². The highest BCUT2D eigenvalue weighted by Gasteiger charge is 2.33. The highest BCUT2D eigenvalue weighted by Crippen LogP contribution is 2.38. The zero-order chi connectivity index (χ0) is 11.1. The van der Waals surface area contributed by atoms with E-state index in [1.807, 2.05) is 0 Å². The highest BCUT2D eigenvalue weighted by molar-refractivity contribution is 5.35. The Morgan fingerprint density at radius 1 is 1.12 bits per heavy atom. The summed E-state index contributed by atoms with van der Waals surface area (Å²) in [6, 6.07) is 10.3. The van der Waals surface area contributed by atoms with Gasteiger partial charge in [0, 0.05) is 12.1 Å². The summed E-state index contributed by atoms with van der Waals surface area (Å²) < 4.78 is 0. The Bertz CT molecular complexity index is 379. The number of hydrogen-bond donors (Lipinski definition) is 1. The molecule has 1 saturated carbocycles. The Morgan fingerprint density at radius 2 is 1.88 bits per heavy atom. The van der Waals surface area contributed by atoms with Crippen LogP contribution in [0.2, 0.25) is 0 Å². The average Bonchev–Trinajstić information content (AvgIpc) is 2.53. The van der Waals surface area contributed by atoms with Gasteiger partial charge in [-0.25, -0.2) is 0 Å². The van der Waals surface area contributed by atoms with E-state index in [-0.39, 0.29) is 0 Å². The first-order chi connectivity index (χ1) is 7.74. The maximum atomic E-state index is 3.85. The van der Waals surface area contributed by atoms with Gasteiger partial charge in [0.05, 0.1) is 0 Å². The zero-order valence-electron chi connectivity index (χ0n) is 10.2. The zero-order valence-corrected chi connectivity index (χ0v) is 10.2. The predicted octanol–water partition coefficient (Wildman–Crippen LogP) is 3.31. The molecule has 0 spiro atoms. The molecule has 2 unspecified atom stereocenters. The van der Waals surface area contributed by atoms with Gasteiger partial charge >= 0.3 is 0 Å². The second kappa shape index (κ2) is 3.89. The van der Waals surface area contributed by atoms with Crippen LogP contribution < -0.4 is 5.32 Å². The first-order valence-corrected chi connectivity index (χ1v) is 6.58. The number of fused-ring (bicyclic) bond motifs is 1. The van der Waals surface area contributed by atoms with Crippen LogP contribution in [0.3, 0.4) is 0 Å². The maximum Gasteiger partial charge on any atom is 0.0354 e. The summed E-state index contributed by atoms with van der Waals surface area (Å²) >= 11 is 0. The molecule has 2 atom stereocenters. The van der Waals surface area contributed by atoms with Gasteiger partial charge in [-0.3, -0.25) is 0 Å². The van der Waals surface area contributed by atoms with Crippen molar-refractivity contribution in [3.63, 3.8) is 0 Å². The van der Waals surface area contributed by atoms with Gasteiger partial charge in [-0.1, -0.05) is 38.1 Å². The Balaban J connectivity index is 1.75. The third-order valence-electron chi connectivity index (χ3n) is 4.29. The van der Waals surface area contributed by atoms with Crippen LogP contribution in [-0.2, 0) is 6.42 Å². The molecule has 0 bridgehead atoms. The van der Waals surface area contributed by atoms with Crippen LogP contribution in [0.4, 0.5) is 0 Å². The lowest BCUT2D eigenvalue weighted by Gasteiger charge is -2.37. The standard InChI is InChI=1S/C15H21N/c1-10-7-13(8-10)16-15-11(2)9-12-5-3-4-6-14(12)15/h3-6,10-11,13,15-16H,7-9H2,1-2H3. The van der Waals surface area contributed by atoms with Gasteiger partial charge in [0.1, 0.15) is 0 Å². The third kappa shape index (κ3) is 1.67. The van der Waals surface area contributed by atoms with Crippen LogP contribution in [0.15, 0.2) is 24.3 Å². The highest BCUT2D eigenvalue weighted by atomic mass is 15.0. The van der Waals surface area contributed by atoms with Crippen LogP contribution >= 0.6 is 0 Å². The third-order valence-corrected chi connectivity index (χ3v) is 4.29. The van der Waals surface area contributed by atoms with Gasteiger partial charge in [0.15, 0.2) is 0 Å². The van der Waals surface area contributed by atoms with Crippen LogP contribution in [-0.4, -0.2) is 6.04 Å². The summed E-state index contributed by atoms with van der Waals surface area (Å²) in [6.45, 7) is 4.73. The topological polar surface area (TPSA) is 12.0 Å². The van der Waals surface area contributed by atoms with Crippen molar-refractivity contribution in [3.05, 3.63) is 35.4 Å². The van der Waals surface area contributed by atoms with Crippen molar-refractivity contribution < 1.29 is 0 Å². The summed E-state index contributed by atoms with van der Waals surface area (Å²) in [5.74, 6) is 1.69. The first-order valence-electron chi connectivity index (χ1n) is 6.58. The van der Waals surface area contributed by atoms with Crippen molar-refractivity contribution in [2.45, 2.75) is 45.2 Å². The summed E-state index contributed by atoms with van der Waals surface area (Å²) in [4.78, 5) is 0. The van der Waals surface area contributed by atoms with E-state index in [4.69, 9.17) is 0 Å². The Morgan fingerprint density at radius 3 is 2.62 bits per heavy atom. The summed E-state index contributed by atoms with van der Waals surface area (Å²) in [6.07, 6.45) is 3.98. The van der Waals surface area contributed by atoms with Crippen molar-refractivity contribution in [1.82, 2.24) is 5.32 Å². The van der Waals surface area contributed by atoms with Gasteiger partial charge in [-0.15, -0.1) is 0 Å². The van der Waals surface area contributed by atoms with Crippen LogP contribution in [0.25, 0.3) is 0 Å². The molecule has 2 aliphatic carbocycles. The largest absolute Gasteiger partial charge is 0.307 e. The van der Waals surface area contributed by atoms with Gasteiger partial charge in [-0.2, -0.15) is 0 Å². The van der Waals surface area contributed by atoms with Crippen molar-refractivity contribution >= 4 is 0 Å². The van der Waals surface area contributed by atoms with Crippen molar-refractivity contribution in [2.75, 3.05) is 0 Å². The molecule has 0 saturated heterocycles. The molecule has 1 fully saturated rings. The molecule has 1 N–H and O–H groups in total. The molecule has 1 aromatic carbocycles. The Hall–Kier alpha value is -0.820. The quantitative estimate of drug-likeness (QED) is 0.798. The van der Waals surface area contributed by atoms with E-state index in [0.717, 1.165) is 17.9 Å². The molecule has 0 radical (unpaired) electrons. The summed E-state index contributed by atoms with van der Waals surface area (Å²) in [5.41, 5.74) is 3.11. The smallest absolute Gasteiger partial charge is 0.0354 e. The van der Waals surface area contributed by atoms with E-state index in [9.17, 15) is 0 Å². The molecule has 86 valence electrons. The lowest BCUT2D eigenvalue weighted by atomic mass is 9.81.